The molecule has 0 spiro atoms. The molecule has 0 bridgehead atoms. The normalized spacial score (nSPS) is 18.5. The fraction of sp³-hybridized carbons (Fsp3) is 0.318. The second-order valence-electron chi connectivity index (χ2n) is 7.37. The van der Waals surface area contributed by atoms with Crippen molar-refractivity contribution in [1.82, 2.24) is 10.3 Å². The summed E-state index contributed by atoms with van der Waals surface area (Å²) in [5.41, 5.74) is 3.16. The molecule has 1 aromatic heterocycles. The molecule has 0 saturated carbocycles. The van der Waals surface area contributed by atoms with Crippen molar-refractivity contribution < 1.29 is 19.4 Å². The predicted molar refractivity (Wildman–Crippen MR) is 112 cm³/mol. The molecule has 1 unspecified atom stereocenters. The molecule has 29 heavy (non-hydrogen) atoms. The molecule has 7 heteroatoms. The van der Waals surface area contributed by atoms with Crippen LogP contribution in [0.4, 0.5) is 0 Å². The van der Waals surface area contributed by atoms with Crippen molar-refractivity contribution in [2.75, 3.05) is 20.8 Å². The maximum Gasteiger partial charge on any atom is 0.330 e. The SMILES string of the molecule is COc1ccc(CC2(C(=O)O)NCCc3c2[nH]c2ccc(C)cc32)c(Cl)c1OC. The monoisotopic (exact) mass is 414 g/mol. The number of fused-ring (bicyclic) bond motifs is 3. The summed E-state index contributed by atoms with van der Waals surface area (Å²) in [4.78, 5) is 16.0. The molecule has 3 N–H and O–H groups in total. The number of aromatic nitrogens is 1. The molecule has 0 radical (unpaired) electrons. The van der Waals surface area contributed by atoms with Gasteiger partial charge in [0.05, 0.1) is 24.9 Å². The molecular weight excluding hydrogens is 392 g/mol. The fourth-order valence-electron chi connectivity index (χ4n) is 4.24. The second kappa shape index (κ2) is 7.28. The molecule has 4 rings (SSSR count). The van der Waals surface area contributed by atoms with Crippen molar-refractivity contribution in [2.45, 2.75) is 25.3 Å². The lowest BCUT2D eigenvalue weighted by atomic mass is 9.81. The Labute approximate surface area is 173 Å². The molecule has 1 aliphatic rings. The number of H-pyrrole nitrogens is 1. The van der Waals surface area contributed by atoms with Gasteiger partial charge in [-0.2, -0.15) is 0 Å². The standard InChI is InChI=1S/C22H23ClN2O4/c1-12-4-6-16-15(10-12)14-8-9-24-22(21(26)27,20(14)25-16)11-13-5-7-17(28-2)19(29-3)18(13)23/h4-7,10,24-25H,8-9,11H2,1-3H3,(H,26,27). The van der Waals surface area contributed by atoms with Gasteiger partial charge >= 0.3 is 5.97 Å². The van der Waals surface area contributed by atoms with Crippen LogP contribution in [0.3, 0.4) is 0 Å². The van der Waals surface area contributed by atoms with Gasteiger partial charge < -0.3 is 19.6 Å². The molecule has 2 aromatic carbocycles. The Morgan fingerprint density at radius 3 is 2.72 bits per heavy atom. The van der Waals surface area contributed by atoms with Crippen molar-refractivity contribution in [3.8, 4) is 11.5 Å². The van der Waals surface area contributed by atoms with E-state index in [0.29, 0.717) is 34.3 Å². The second-order valence-corrected chi connectivity index (χ2v) is 7.74. The van der Waals surface area contributed by atoms with Crippen LogP contribution in [0.5, 0.6) is 11.5 Å². The van der Waals surface area contributed by atoms with Crippen LogP contribution in [0.1, 0.15) is 22.4 Å². The Kier molecular flexibility index (Phi) is 4.92. The van der Waals surface area contributed by atoms with E-state index in [-0.39, 0.29) is 6.42 Å². The minimum absolute atomic E-state index is 0.167. The number of hydrogen-bond acceptors (Lipinski definition) is 4. The number of aryl methyl sites for hydroxylation is 1. The Hall–Kier alpha value is -2.70. The highest BCUT2D eigenvalue weighted by atomic mass is 35.5. The van der Waals surface area contributed by atoms with Gasteiger partial charge in [0, 0.05) is 23.9 Å². The fourth-order valence-corrected chi connectivity index (χ4v) is 4.54. The van der Waals surface area contributed by atoms with E-state index in [1.165, 1.54) is 14.2 Å². The summed E-state index contributed by atoms with van der Waals surface area (Å²) in [6, 6.07) is 9.65. The van der Waals surface area contributed by atoms with Crippen LogP contribution in [0.25, 0.3) is 10.9 Å². The Morgan fingerprint density at radius 1 is 1.24 bits per heavy atom. The zero-order valence-corrected chi connectivity index (χ0v) is 17.3. The number of carboxylic acid groups (broad SMARTS) is 1. The van der Waals surface area contributed by atoms with Crippen molar-refractivity contribution in [3.63, 3.8) is 0 Å². The van der Waals surface area contributed by atoms with E-state index in [2.05, 4.69) is 16.4 Å². The molecule has 0 amide bonds. The number of aliphatic carboxylic acids is 1. The number of hydrogen-bond donors (Lipinski definition) is 3. The lowest BCUT2D eigenvalue weighted by Gasteiger charge is -2.35. The summed E-state index contributed by atoms with van der Waals surface area (Å²) in [5, 5.41) is 15.0. The van der Waals surface area contributed by atoms with Gasteiger partial charge in [-0.1, -0.05) is 29.3 Å². The smallest absolute Gasteiger partial charge is 0.330 e. The topological polar surface area (TPSA) is 83.6 Å². The Morgan fingerprint density at radius 2 is 2.03 bits per heavy atom. The third-order valence-electron chi connectivity index (χ3n) is 5.68. The minimum atomic E-state index is -1.32. The van der Waals surface area contributed by atoms with Gasteiger partial charge in [-0.05, 0) is 42.7 Å². The van der Waals surface area contributed by atoms with Gasteiger partial charge in [0.25, 0.3) is 0 Å². The van der Waals surface area contributed by atoms with E-state index in [0.717, 1.165) is 28.5 Å². The quantitative estimate of drug-likeness (QED) is 0.591. The maximum absolute atomic E-state index is 12.6. The number of benzene rings is 2. The Bertz CT molecular complexity index is 1110. The summed E-state index contributed by atoms with van der Waals surface area (Å²) >= 11 is 6.57. The van der Waals surface area contributed by atoms with E-state index < -0.39 is 11.5 Å². The zero-order valence-electron chi connectivity index (χ0n) is 16.6. The van der Waals surface area contributed by atoms with Crippen molar-refractivity contribution in [2.24, 2.45) is 0 Å². The molecule has 2 heterocycles. The Balaban J connectivity index is 1.88. The van der Waals surface area contributed by atoms with E-state index in [1.807, 2.05) is 19.1 Å². The highest BCUT2D eigenvalue weighted by molar-refractivity contribution is 6.33. The van der Waals surface area contributed by atoms with Gasteiger partial charge in [-0.25, -0.2) is 4.79 Å². The van der Waals surface area contributed by atoms with Gasteiger partial charge in [-0.15, -0.1) is 0 Å². The minimum Gasteiger partial charge on any atom is -0.493 e. The molecule has 152 valence electrons. The van der Waals surface area contributed by atoms with Gasteiger partial charge in [0.15, 0.2) is 17.0 Å². The molecule has 0 saturated heterocycles. The summed E-state index contributed by atoms with van der Waals surface area (Å²) in [6.07, 6.45) is 0.924. The van der Waals surface area contributed by atoms with Crippen LogP contribution < -0.4 is 14.8 Å². The molecular formula is C22H23ClN2O4. The summed E-state index contributed by atoms with van der Waals surface area (Å²) in [5.74, 6) is -0.0490. The first kappa shape index (κ1) is 19.6. The largest absolute Gasteiger partial charge is 0.493 e. The third-order valence-corrected chi connectivity index (χ3v) is 6.09. The number of rotatable bonds is 5. The molecule has 6 nitrogen and oxygen atoms in total. The van der Waals surface area contributed by atoms with E-state index >= 15 is 0 Å². The van der Waals surface area contributed by atoms with E-state index in [9.17, 15) is 9.90 Å². The first-order chi connectivity index (χ1) is 13.9. The molecule has 1 atom stereocenters. The first-order valence-electron chi connectivity index (χ1n) is 9.40. The zero-order chi connectivity index (χ0) is 20.8. The maximum atomic E-state index is 12.6. The molecule has 1 aliphatic heterocycles. The predicted octanol–water partition coefficient (Wildman–Crippen LogP) is 3.82. The van der Waals surface area contributed by atoms with Crippen LogP contribution >= 0.6 is 11.6 Å². The van der Waals surface area contributed by atoms with Gasteiger partial charge in [0.2, 0.25) is 0 Å². The number of carbonyl (C=O) groups is 1. The highest BCUT2D eigenvalue weighted by Gasteiger charge is 2.46. The number of aromatic amines is 1. The van der Waals surface area contributed by atoms with Crippen LogP contribution in [-0.4, -0.2) is 36.8 Å². The van der Waals surface area contributed by atoms with Gasteiger partial charge in [-0.3, -0.25) is 5.32 Å². The average Bonchev–Trinajstić information content (AvgIpc) is 3.08. The summed E-state index contributed by atoms with van der Waals surface area (Å²) in [6.45, 7) is 2.60. The number of methoxy groups -OCH3 is 2. The molecule has 0 fully saturated rings. The van der Waals surface area contributed by atoms with Crippen LogP contribution in [0, 0.1) is 6.92 Å². The lowest BCUT2D eigenvalue weighted by Crippen LogP contribution is -2.54. The van der Waals surface area contributed by atoms with Crippen LogP contribution in [0.2, 0.25) is 5.02 Å². The van der Waals surface area contributed by atoms with Crippen LogP contribution in [0.15, 0.2) is 30.3 Å². The van der Waals surface area contributed by atoms with Crippen molar-refractivity contribution >= 4 is 28.5 Å². The van der Waals surface area contributed by atoms with Crippen molar-refractivity contribution in [1.29, 1.82) is 0 Å². The summed E-state index contributed by atoms with van der Waals surface area (Å²) in [7, 11) is 3.05. The number of ether oxygens (including phenoxy) is 2. The lowest BCUT2D eigenvalue weighted by molar-refractivity contribution is -0.145. The molecule has 3 aromatic rings. The van der Waals surface area contributed by atoms with Crippen LogP contribution in [-0.2, 0) is 23.2 Å². The van der Waals surface area contributed by atoms with Gasteiger partial charge in [0.1, 0.15) is 0 Å². The molecule has 0 aliphatic carbocycles. The third kappa shape index (κ3) is 3.03. The first-order valence-corrected chi connectivity index (χ1v) is 9.78. The van der Waals surface area contributed by atoms with E-state index in [1.54, 1.807) is 12.1 Å². The van der Waals surface area contributed by atoms with E-state index in [4.69, 9.17) is 21.1 Å². The number of halogens is 1. The number of carboxylic acids is 1. The number of nitrogens with one attached hydrogen (secondary N) is 2. The summed E-state index contributed by atoms with van der Waals surface area (Å²) < 4.78 is 10.7. The van der Waals surface area contributed by atoms with Crippen molar-refractivity contribution in [3.05, 3.63) is 57.7 Å². The highest BCUT2D eigenvalue weighted by Crippen LogP contribution is 2.42. The average molecular weight is 415 g/mol.